The number of hydrogen-bond acceptors (Lipinski definition) is 0. The largest absolute Gasteiger partial charge is 0.0625 e. The van der Waals surface area contributed by atoms with Gasteiger partial charge in [0.15, 0.2) is 0 Å². The van der Waals surface area contributed by atoms with Crippen LogP contribution in [-0.2, 0) is 0 Å². The third kappa shape index (κ3) is 4.05. The van der Waals surface area contributed by atoms with Crippen LogP contribution in [0.3, 0.4) is 0 Å². The van der Waals surface area contributed by atoms with Crippen LogP contribution in [0.2, 0.25) is 0 Å². The summed E-state index contributed by atoms with van der Waals surface area (Å²) in [6.07, 6.45) is 18.6. The van der Waals surface area contributed by atoms with Gasteiger partial charge in [0.2, 0.25) is 0 Å². The molecule has 6 atom stereocenters. The average molecular weight is 359 g/mol. The zero-order valence-electron chi connectivity index (χ0n) is 18.3. The van der Waals surface area contributed by atoms with Gasteiger partial charge in [-0.05, 0) is 97.7 Å². The molecule has 0 bridgehead atoms. The predicted molar refractivity (Wildman–Crippen MR) is 113 cm³/mol. The second-order valence-corrected chi connectivity index (χ2v) is 11.8. The summed E-state index contributed by atoms with van der Waals surface area (Å²) in [6, 6.07) is 0. The van der Waals surface area contributed by atoms with Crippen LogP contribution in [0.15, 0.2) is 0 Å². The molecule has 4 aliphatic carbocycles. The molecule has 26 heavy (non-hydrogen) atoms. The van der Waals surface area contributed by atoms with Crippen LogP contribution in [0.1, 0.15) is 105 Å². The standard InChI is InChI=1S/C26H46/c1-17-5-9-21(10-6-17)15-25-24(22-11-7-18(2)8-12-22)16-23-14-19(3)13-20(4)26(23)25/h17-26H,5-16H2,1-4H3. The van der Waals surface area contributed by atoms with Crippen molar-refractivity contribution in [2.75, 3.05) is 0 Å². The van der Waals surface area contributed by atoms with Crippen LogP contribution in [0.25, 0.3) is 0 Å². The van der Waals surface area contributed by atoms with Gasteiger partial charge in [-0.2, -0.15) is 0 Å². The second kappa shape index (κ2) is 8.16. The van der Waals surface area contributed by atoms with E-state index in [9.17, 15) is 0 Å². The molecule has 0 nitrogen and oxygen atoms in total. The summed E-state index contributed by atoms with van der Waals surface area (Å²) in [5.74, 6) is 10.6. The Morgan fingerprint density at radius 2 is 1.19 bits per heavy atom. The summed E-state index contributed by atoms with van der Waals surface area (Å²) < 4.78 is 0. The molecule has 0 N–H and O–H groups in total. The first-order valence-electron chi connectivity index (χ1n) is 12.5. The Balaban J connectivity index is 1.49. The SMILES string of the molecule is CC1CCC(CC2C(C3CCC(C)CC3)CC3CC(C)CC(C)C32)CC1. The lowest BCUT2D eigenvalue weighted by Gasteiger charge is -2.42. The van der Waals surface area contributed by atoms with Crippen LogP contribution >= 0.6 is 0 Å². The van der Waals surface area contributed by atoms with Crippen molar-refractivity contribution in [1.82, 2.24) is 0 Å². The molecule has 0 saturated heterocycles. The van der Waals surface area contributed by atoms with Gasteiger partial charge in [-0.3, -0.25) is 0 Å². The van der Waals surface area contributed by atoms with E-state index in [1.165, 1.54) is 32.1 Å². The highest BCUT2D eigenvalue weighted by molar-refractivity contribution is 4.99. The van der Waals surface area contributed by atoms with E-state index in [0.29, 0.717) is 0 Å². The lowest BCUT2D eigenvalue weighted by Crippen LogP contribution is -2.34. The first kappa shape index (κ1) is 19.3. The molecule has 0 aromatic rings. The zero-order chi connectivity index (χ0) is 18.3. The number of hydrogen-bond donors (Lipinski definition) is 0. The van der Waals surface area contributed by atoms with Crippen molar-refractivity contribution in [1.29, 1.82) is 0 Å². The Morgan fingerprint density at radius 1 is 0.577 bits per heavy atom. The molecule has 0 heteroatoms. The minimum absolute atomic E-state index is 0.993. The van der Waals surface area contributed by atoms with E-state index < -0.39 is 0 Å². The van der Waals surface area contributed by atoms with Gasteiger partial charge in [0.05, 0.1) is 0 Å². The molecule has 0 heterocycles. The van der Waals surface area contributed by atoms with E-state index in [1.54, 1.807) is 44.9 Å². The molecular weight excluding hydrogens is 312 g/mol. The molecule has 150 valence electrons. The summed E-state index contributed by atoms with van der Waals surface area (Å²) >= 11 is 0. The van der Waals surface area contributed by atoms with Crippen LogP contribution in [0.5, 0.6) is 0 Å². The van der Waals surface area contributed by atoms with Gasteiger partial charge in [0.1, 0.15) is 0 Å². The maximum Gasteiger partial charge on any atom is -0.0328 e. The highest BCUT2D eigenvalue weighted by Crippen LogP contribution is 2.58. The maximum atomic E-state index is 2.63. The Kier molecular flexibility index (Phi) is 6.07. The molecule has 0 spiro atoms. The minimum atomic E-state index is 0.993. The molecular formula is C26H46. The molecule has 6 unspecified atom stereocenters. The topological polar surface area (TPSA) is 0 Å². The summed E-state index contributed by atoms with van der Waals surface area (Å²) in [7, 11) is 0. The van der Waals surface area contributed by atoms with Crippen LogP contribution < -0.4 is 0 Å². The smallest absolute Gasteiger partial charge is 0.0328 e. The quantitative estimate of drug-likeness (QED) is 0.480. The average Bonchev–Trinajstić information content (AvgIpc) is 2.96. The Labute approximate surface area is 164 Å². The molecule has 0 aromatic heterocycles. The third-order valence-electron chi connectivity index (χ3n) is 9.71. The number of rotatable bonds is 3. The molecule has 4 fully saturated rings. The van der Waals surface area contributed by atoms with E-state index in [-0.39, 0.29) is 0 Å². The van der Waals surface area contributed by atoms with Crippen molar-refractivity contribution in [3.05, 3.63) is 0 Å². The van der Waals surface area contributed by atoms with E-state index in [1.807, 2.05) is 0 Å². The first-order valence-corrected chi connectivity index (χ1v) is 12.5. The summed E-state index contributed by atoms with van der Waals surface area (Å²) in [5.41, 5.74) is 0. The fourth-order valence-electron chi connectivity index (χ4n) is 8.40. The van der Waals surface area contributed by atoms with E-state index in [2.05, 4.69) is 27.7 Å². The zero-order valence-corrected chi connectivity index (χ0v) is 18.3. The Morgan fingerprint density at radius 3 is 1.85 bits per heavy atom. The molecule has 4 rings (SSSR count). The molecule has 0 radical (unpaired) electrons. The van der Waals surface area contributed by atoms with Crippen molar-refractivity contribution in [2.24, 2.45) is 59.2 Å². The van der Waals surface area contributed by atoms with Gasteiger partial charge in [0.25, 0.3) is 0 Å². The van der Waals surface area contributed by atoms with Gasteiger partial charge in [-0.1, -0.05) is 66.2 Å². The summed E-state index contributed by atoms with van der Waals surface area (Å²) in [5, 5.41) is 0. The van der Waals surface area contributed by atoms with Crippen LogP contribution in [0.4, 0.5) is 0 Å². The van der Waals surface area contributed by atoms with E-state index in [4.69, 9.17) is 0 Å². The minimum Gasteiger partial charge on any atom is -0.0625 e. The molecule has 0 amide bonds. The first-order chi connectivity index (χ1) is 12.5. The number of fused-ring (bicyclic) bond motifs is 1. The molecule has 4 aliphatic rings. The van der Waals surface area contributed by atoms with Crippen molar-refractivity contribution >= 4 is 0 Å². The maximum absolute atomic E-state index is 2.63. The fourth-order valence-corrected chi connectivity index (χ4v) is 8.40. The lowest BCUT2D eigenvalue weighted by molar-refractivity contribution is 0.0779. The molecule has 0 aliphatic heterocycles. The van der Waals surface area contributed by atoms with Crippen molar-refractivity contribution < 1.29 is 0 Å². The highest BCUT2D eigenvalue weighted by Gasteiger charge is 2.50. The molecule has 0 aromatic carbocycles. The van der Waals surface area contributed by atoms with Crippen molar-refractivity contribution in [2.45, 2.75) is 105 Å². The summed E-state index contributed by atoms with van der Waals surface area (Å²) in [6.45, 7) is 10.2. The monoisotopic (exact) mass is 358 g/mol. The predicted octanol–water partition coefficient (Wildman–Crippen LogP) is 7.96. The van der Waals surface area contributed by atoms with Gasteiger partial charge in [-0.25, -0.2) is 0 Å². The highest BCUT2D eigenvalue weighted by atomic mass is 14.6. The normalized spacial score (nSPS) is 52.6. The lowest BCUT2D eigenvalue weighted by atomic mass is 9.64. The fraction of sp³-hybridized carbons (Fsp3) is 1.00. The van der Waals surface area contributed by atoms with Crippen LogP contribution in [0, 0.1) is 59.2 Å². The van der Waals surface area contributed by atoms with Crippen LogP contribution in [-0.4, -0.2) is 0 Å². The second-order valence-electron chi connectivity index (χ2n) is 11.8. The Hall–Kier alpha value is 0. The summed E-state index contributed by atoms with van der Waals surface area (Å²) in [4.78, 5) is 0. The Bertz CT molecular complexity index is 437. The van der Waals surface area contributed by atoms with Crippen molar-refractivity contribution in [3.63, 3.8) is 0 Å². The van der Waals surface area contributed by atoms with Gasteiger partial charge >= 0.3 is 0 Å². The van der Waals surface area contributed by atoms with Gasteiger partial charge < -0.3 is 0 Å². The van der Waals surface area contributed by atoms with Gasteiger partial charge in [-0.15, -0.1) is 0 Å². The third-order valence-corrected chi connectivity index (χ3v) is 9.71. The van der Waals surface area contributed by atoms with E-state index in [0.717, 1.165) is 59.2 Å². The van der Waals surface area contributed by atoms with Crippen molar-refractivity contribution in [3.8, 4) is 0 Å². The van der Waals surface area contributed by atoms with Gasteiger partial charge in [0, 0.05) is 0 Å². The van der Waals surface area contributed by atoms with E-state index >= 15 is 0 Å². The molecule has 4 saturated carbocycles.